The lowest BCUT2D eigenvalue weighted by molar-refractivity contribution is 0.157. The van der Waals surface area contributed by atoms with E-state index in [1.54, 1.807) is 0 Å². The lowest BCUT2D eigenvalue weighted by Crippen LogP contribution is -2.45. The Morgan fingerprint density at radius 3 is 2.76 bits per heavy atom. The predicted octanol–water partition coefficient (Wildman–Crippen LogP) is 2.76. The minimum absolute atomic E-state index is 0.208. The van der Waals surface area contributed by atoms with E-state index < -0.39 is 0 Å². The average Bonchev–Trinajstić information content (AvgIpc) is 2.37. The zero-order chi connectivity index (χ0) is 12.1. The Morgan fingerprint density at radius 2 is 2.12 bits per heavy atom. The normalized spacial score (nSPS) is 19.2. The number of benzene rings is 1. The van der Waals surface area contributed by atoms with E-state index in [-0.39, 0.29) is 12.7 Å². The van der Waals surface area contributed by atoms with Crippen LogP contribution in [0.5, 0.6) is 0 Å². The molecule has 0 spiro atoms. The first-order valence-electron chi connectivity index (χ1n) is 6.07. The minimum Gasteiger partial charge on any atom is -0.314 e. The van der Waals surface area contributed by atoms with E-state index in [9.17, 15) is 4.39 Å². The Kier molecular flexibility index (Phi) is 4.95. The van der Waals surface area contributed by atoms with Crippen LogP contribution in [-0.4, -0.2) is 37.8 Å². The number of nitrogens with one attached hydrogen (secondary N) is 1. The van der Waals surface area contributed by atoms with Crippen molar-refractivity contribution < 1.29 is 4.39 Å². The van der Waals surface area contributed by atoms with Gasteiger partial charge in [0.1, 0.15) is 0 Å². The molecule has 1 heterocycles. The molecule has 0 unspecified atom stereocenters. The first-order chi connectivity index (χ1) is 8.31. The van der Waals surface area contributed by atoms with Gasteiger partial charge in [-0.2, -0.15) is 0 Å². The maximum absolute atomic E-state index is 12.7. The van der Waals surface area contributed by atoms with Crippen molar-refractivity contribution in [2.24, 2.45) is 0 Å². The lowest BCUT2D eigenvalue weighted by atomic mass is 10.0. The van der Waals surface area contributed by atoms with Gasteiger partial charge in [-0.25, -0.2) is 0 Å². The summed E-state index contributed by atoms with van der Waals surface area (Å²) in [5, 5.41) is 3.33. The molecule has 1 N–H and O–H groups in total. The molecule has 1 aliphatic rings. The molecule has 94 valence electrons. The third-order valence-electron chi connectivity index (χ3n) is 3.21. The topological polar surface area (TPSA) is 15.3 Å². The summed E-state index contributed by atoms with van der Waals surface area (Å²) in [5.74, 6) is 0. The molecule has 0 aliphatic carbocycles. The first kappa shape index (κ1) is 13.0. The van der Waals surface area contributed by atoms with Gasteiger partial charge in [0.05, 0.1) is 6.67 Å². The monoisotopic (exact) mass is 300 g/mol. The van der Waals surface area contributed by atoms with Gasteiger partial charge in [0.2, 0.25) is 0 Å². The molecule has 1 fully saturated rings. The van der Waals surface area contributed by atoms with Gasteiger partial charge >= 0.3 is 0 Å². The predicted molar refractivity (Wildman–Crippen MR) is 71.9 cm³/mol. The fraction of sp³-hybridized carbons (Fsp3) is 0.538. The van der Waals surface area contributed by atoms with Gasteiger partial charge in [-0.3, -0.25) is 9.29 Å². The van der Waals surface area contributed by atoms with Gasteiger partial charge in [0, 0.05) is 36.7 Å². The summed E-state index contributed by atoms with van der Waals surface area (Å²) < 4.78 is 13.8. The fourth-order valence-corrected chi connectivity index (χ4v) is 2.79. The van der Waals surface area contributed by atoms with E-state index in [1.165, 1.54) is 5.56 Å². The molecule has 0 saturated carbocycles. The molecule has 1 saturated heterocycles. The van der Waals surface area contributed by atoms with Gasteiger partial charge < -0.3 is 5.32 Å². The maximum atomic E-state index is 12.7. The zero-order valence-electron chi connectivity index (χ0n) is 9.83. The number of alkyl halides is 1. The number of piperazine rings is 1. The Hall–Kier alpha value is -0.450. The standard InChI is InChI=1S/C13H18BrFN2/c14-12-3-1-2-11(10-12)13(4-5-15)17-8-6-16-7-9-17/h1-3,10,13,16H,4-9H2/t13-/m1/s1. The number of hydrogen-bond donors (Lipinski definition) is 1. The van der Waals surface area contributed by atoms with Crippen molar-refractivity contribution in [1.82, 2.24) is 10.2 Å². The molecule has 0 radical (unpaired) electrons. The summed E-state index contributed by atoms with van der Waals surface area (Å²) in [4.78, 5) is 2.37. The van der Waals surface area contributed by atoms with Crippen LogP contribution < -0.4 is 5.32 Å². The molecule has 0 amide bonds. The van der Waals surface area contributed by atoms with Gasteiger partial charge in [-0.15, -0.1) is 0 Å². The van der Waals surface area contributed by atoms with Crippen molar-refractivity contribution in [3.8, 4) is 0 Å². The lowest BCUT2D eigenvalue weighted by Gasteiger charge is -2.35. The van der Waals surface area contributed by atoms with E-state index in [2.05, 4.69) is 38.3 Å². The van der Waals surface area contributed by atoms with Crippen LogP contribution in [0, 0.1) is 0 Å². The summed E-state index contributed by atoms with van der Waals surface area (Å²) in [6.07, 6.45) is 0.580. The number of halogens is 2. The van der Waals surface area contributed by atoms with Crippen LogP contribution in [-0.2, 0) is 0 Å². The first-order valence-corrected chi connectivity index (χ1v) is 6.87. The van der Waals surface area contributed by atoms with Gasteiger partial charge in [0.15, 0.2) is 0 Å². The third kappa shape index (κ3) is 3.50. The molecule has 0 aromatic heterocycles. The number of hydrogen-bond acceptors (Lipinski definition) is 2. The van der Waals surface area contributed by atoms with Crippen LogP contribution in [0.25, 0.3) is 0 Å². The second kappa shape index (κ2) is 6.47. The number of nitrogens with zero attached hydrogens (tertiary/aromatic N) is 1. The van der Waals surface area contributed by atoms with Crippen molar-refractivity contribution in [3.05, 3.63) is 34.3 Å². The average molecular weight is 301 g/mol. The van der Waals surface area contributed by atoms with Crippen LogP contribution in [0.2, 0.25) is 0 Å². The highest BCUT2D eigenvalue weighted by Gasteiger charge is 2.21. The van der Waals surface area contributed by atoms with Crippen molar-refractivity contribution in [3.63, 3.8) is 0 Å². The molecule has 1 atom stereocenters. The molecular formula is C13H18BrFN2. The minimum atomic E-state index is -0.263. The molecule has 17 heavy (non-hydrogen) atoms. The van der Waals surface area contributed by atoms with Crippen LogP contribution in [0.1, 0.15) is 18.0 Å². The van der Waals surface area contributed by atoms with Crippen molar-refractivity contribution in [1.29, 1.82) is 0 Å². The van der Waals surface area contributed by atoms with Gasteiger partial charge in [-0.05, 0) is 24.1 Å². The largest absolute Gasteiger partial charge is 0.314 e. The fourth-order valence-electron chi connectivity index (χ4n) is 2.37. The highest BCUT2D eigenvalue weighted by molar-refractivity contribution is 9.10. The summed E-state index contributed by atoms with van der Waals surface area (Å²) >= 11 is 3.48. The molecule has 2 rings (SSSR count). The summed E-state index contributed by atoms with van der Waals surface area (Å²) in [7, 11) is 0. The second-order valence-corrected chi connectivity index (χ2v) is 5.25. The maximum Gasteiger partial charge on any atom is 0.0912 e. The van der Waals surface area contributed by atoms with Crippen LogP contribution >= 0.6 is 15.9 Å². The molecule has 1 aromatic rings. The van der Waals surface area contributed by atoms with Crippen molar-refractivity contribution in [2.45, 2.75) is 12.5 Å². The smallest absolute Gasteiger partial charge is 0.0912 e. The Morgan fingerprint density at radius 1 is 1.35 bits per heavy atom. The Labute approximate surface area is 110 Å². The highest BCUT2D eigenvalue weighted by atomic mass is 79.9. The molecule has 4 heteroatoms. The Bertz CT molecular complexity index is 353. The van der Waals surface area contributed by atoms with Crippen LogP contribution in [0.3, 0.4) is 0 Å². The van der Waals surface area contributed by atoms with E-state index >= 15 is 0 Å². The Balaban J connectivity index is 2.15. The van der Waals surface area contributed by atoms with Crippen LogP contribution in [0.4, 0.5) is 4.39 Å². The van der Waals surface area contributed by atoms with Gasteiger partial charge in [-0.1, -0.05) is 28.1 Å². The summed E-state index contributed by atoms with van der Waals surface area (Å²) in [6, 6.07) is 8.43. The van der Waals surface area contributed by atoms with Gasteiger partial charge in [0.25, 0.3) is 0 Å². The molecule has 1 aromatic carbocycles. The second-order valence-electron chi connectivity index (χ2n) is 4.33. The van der Waals surface area contributed by atoms with E-state index in [1.807, 2.05) is 12.1 Å². The SMILES string of the molecule is FCC[C@H](c1cccc(Br)c1)N1CCNCC1. The third-order valence-corrected chi connectivity index (χ3v) is 3.70. The van der Waals surface area contributed by atoms with Crippen LogP contribution in [0.15, 0.2) is 28.7 Å². The molecule has 0 bridgehead atoms. The van der Waals surface area contributed by atoms with E-state index in [4.69, 9.17) is 0 Å². The molecular weight excluding hydrogens is 283 g/mol. The number of rotatable bonds is 4. The molecule has 2 nitrogen and oxygen atoms in total. The molecule has 1 aliphatic heterocycles. The van der Waals surface area contributed by atoms with E-state index in [0.29, 0.717) is 6.42 Å². The highest BCUT2D eigenvalue weighted by Crippen LogP contribution is 2.26. The van der Waals surface area contributed by atoms with Crippen molar-refractivity contribution in [2.75, 3.05) is 32.9 Å². The van der Waals surface area contributed by atoms with Crippen molar-refractivity contribution >= 4 is 15.9 Å². The summed E-state index contributed by atoms with van der Waals surface area (Å²) in [6.45, 7) is 3.73. The van der Waals surface area contributed by atoms with E-state index in [0.717, 1.165) is 30.7 Å². The zero-order valence-corrected chi connectivity index (χ0v) is 11.4. The quantitative estimate of drug-likeness (QED) is 0.920. The summed E-state index contributed by atoms with van der Waals surface area (Å²) in [5.41, 5.74) is 1.21.